The second-order valence-corrected chi connectivity index (χ2v) is 5.24. The van der Waals surface area contributed by atoms with Crippen LogP contribution in [0.25, 0.3) is 0 Å². The predicted molar refractivity (Wildman–Crippen MR) is 78.0 cm³/mol. The van der Waals surface area contributed by atoms with Crippen molar-refractivity contribution in [3.05, 3.63) is 63.9 Å². The van der Waals surface area contributed by atoms with E-state index in [1.54, 1.807) is 37.4 Å². The van der Waals surface area contributed by atoms with Crippen LogP contribution in [0.1, 0.15) is 15.9 Å². The molecule has 2 aromatic carbocycles. The van der Waals surface area contributed by atoms with Crippen LogP contribution in [0.4, 0.5) is 4.39 Å². The Hall–Kier alpha value is -1.88. The standard InChI is InChI=1S/C15H13BrFNO2/c1-18(9-10-5-2-3-8-13(10)19)15(20)14-11(16)6-4-7-12(14)17/h2-8,19H,9H2,1H3. The van der Waals surface area contributed by atoms with Gasteiger partial charge in [0.05, 0.1) is 5.56 Å². The number of carbonyl (C=O) groups is 1. The second-order valence-electron chi connectivity index (χ2n) is 4.39. The van der Waals surface area contributed by atoms with Crippen LogP contribution in [0, 0.1) is 5.82 Å². The summed E-state index contributed by atoms with van der Waals surface area (Å²) in [5, 5.41) is 9.70. The number of rotatable bonds is 3. The average molecular weight is 338 g/mol. The highest BCUT2D eigenvalue weighted by molar-refractivity contribution is 9.10. The first-order chi connectivity index (χ1) is 9.50. The maximum atomic E-state index is 13.8. The van der Waals surface area contributed by atoms with Gasteiger partial charge in [-0.05, 0) is 34.1 Å². The van der Waals surface area contributed by atoms with E-state index in [-0.39, 0.29) is 17.9 Å². The average Bonchev–Trinajstić information content (AvgIpc) is 2.41. The van der Waals surface area contributed by atoms with Crippen LogP contribution >= 0.6 is 15.9 Å². The summed E-state index contributed by atoms with van der Waals surface area (Å²) in [6, 6.07) is 11.1. The van der Waals surface area contributed by atoms with Gasteiger partial charge in [0, 0.05) is 23.6 Å². The number of carbonyl (C=O) groups excluding carboxylic acids is 1. The third-order valence-electron chi connectivity index (χ3n) is 2.92. The van der Waals surface area contributed by atoms with E-state index in [1.165, 1.54) is 17.0 Å². The van der Waals surface area contributed by atoms with Gasteiger partial charge in [0.15, 0.2) is 0 Å². The Balaban J connectivity index is 2.24. The van der Waals surface area contributed by atoms with E-state index in [9.17, 15) is 14.3 Å². The minimum absolute atomic E-state index is 0.00887. The number of amides is 1. The molecule has 0 aliphatic rings. The van der Waals surface area contributed by atoms with Gasteiger partial charge in [-0.2, -0.15) is 0 Å². The van der Waals surface area contributed by atoms with Crippen LogP contribution in [-0.2, 0) is 6.54 Å². The van der Waals surface area contributed by atoms with Crippen molar-refractivity contribution < 1.29 is 14.3 Å². The minimum Gasteiger partial charge on any atom is -0.508 e. The molecular weight excluding hydrogens is 325 g/mol. The molecule has 0 aromatic heterocycles. The molecule has 1 N–H and O–H groups in total. The Labute approximate surface area is 124 Å². The summed E-state index contributed by atoms with van der Waals surface area (Å²) in [6.07, 6.45) is 0. The number of phenols is 1. The number of nitrogens with zero attached hydrogens (tertiary/aromatic N) is 1. The molecule has 0 spiro atoms. The molecule has 0 radical (unpaired) electrons. The summed E-state index contributed by atoms with van der Waals surface area (Å²) in [5.74, 6) is -0.911. The van der Waals surface area contributed by atoms with Crippen LogP contribution in [0.3, 0.4) is 0 Å². The lowest BCUT2D eigenvalue weighted by atomic mass is 10.1. The quantitative estimate of drug-likeness (QED) is 0.930. The Bertz CT molecular complexity index is 625. The van der Waals surface area contributed by atoms with E-state index in [0.717, 1.165) is 0 Å². The van der Waals surface area contributed by atoms with Crippen molar-refractivity contribution in [3.8, 4) is 5.75 Å². The lowest BCUT2D eigenvalue weighted by molar-refractivity contribution is 0.0778. The van der Waals surface area contributed by atoms with Crippen LogP contribution in [0.5, 0.6) is 5.75 Å². The highest BCUT2D eigenvalue weighted by Crippen LogP contribution is 2.23. The van der Waals surface area contributed by atoms with E-state index in [4.69, 9.17) is 0 Å². The molecule has 5 heteroatoms. The van der Waals surface area contributed by atoms with Gasteiger partial charge in [-0.15, -0.1) is 0 Å². The third kappa shape index (κ3) is 2.99. The Morgan fingerprint density at radius 2 is 1.95 bits per heavy atom. The fourth-order valence-electron chi connectivity index (χ4n) is 1.86. The monoisotopic (exact) mass is 337 g/mol. The normalized spacial score (nSPS) is 10.3. The molecule has 0 saturated carbocycles. The van der Waals surface area contributed by atoms with Crippen molar-refractivity contribution in [3.63, 3.8) is 0 Å². The summed E-state index contributed by atoms with van der Waals surface area (Å²) < 4.78 is 14.2. The molecule has 0 fully saturated rings. The predicted octanol–water partition coefficient (Wildman–Crippen LogP) is 3.57. The highest BCUT2D eigenvalue weighted by Gasteiger charge is 2.19. The van der Waals surface area contributed by atoms with E-state index >= 15 is 0 Å². The zero-order valence-corrected chi connectivity index (χ0v) is 12.4. The molecule has 0 heterocycles. The van der Waals surface area contributed by atoms with E-state index in [0.29, 0.717) is 10.0 Å². The largest absolute Gasteiger partial charge is 0.508 e. The maximum absolute atomic E-state index is 13.8. The Kier molecular flexibility index (Phi) is 4.39. The van der Waals surface area contributed by atoms with Gasteiger partial charge >= 0.3 is 0 Å². The minimum atomic E-state index is -0.575. The molecule has 0 unspecified atom stereocenters. The molecule has 104 valence electrons. The Morgan fingerprint density at radius 3 is 2.60 bits per heavy atom. The molecule has 2 rings (SSSR count). The summed E-state index contributed by atoms with van der Waals surface area (Å²) in [7, 11) is 1.56. The molecule has 2 aromatic rings. The van der Waals surface area contributed by atoms with E-state index < -0.39 is 11.7 Å². The van der Waals surface area contributed by atoms with Gasteiger partial charge in [-0.1, -0.05) is 24.3 Å². The summed E-state index contributed by atoms with van der Waals surface area (Å²) in [6.45, 7) is 0.201. The van der Waals surface area contributed by atoms with Gasteiger partial charge in [-0.25, -0.2) is 4.39 Å². The first-order valence-corrected chi connectivity index (χ1v) is 6.76. The zero-order valence-electron chi connectivity index (χ0n) is 10.8. The first-order valence-electron chi connectivity index (χ1n) is 5.97. The molecule has 0 saturated heterocycles. The SMILES string of the molecule is CN(Cc1ccccc1O)C(=O)c1c(F)cccc1Br. The smallest absolute Gasteiger partial charge is 0.258 e. The van der Waals surface area contributed by atoms with Crippen molar-refractivity contribution >= 4 is 21.8 Å². The highest BCUT2D eigenvalue weighted by atomic mass is 79.9. The van der Waals surface area contributed by atoms with Crippen molar-refractivity contribution in [2.24, 2.45) is 0 Å². The topological polar surface area (TPSA) is 40.5 Å². The molecule has 3 nitrogen and oxygen atoms in total. The van der Waals surface area contributed by atoms with Crippen LogP contribution in [0.2, 0.25) is 0 Å². The second kappa shape index (κ2) is 6.05. The lowest BCUT2D eigenvalue weighted by Gasteiger charge is -2.19. The van der Waals surface area contributed by atoms with Gasteiger partial charge in [0.25, 0.3) is 5.91 Å². The van der Waals surface area contributed by atoms with Crippen LogP contribution < -0.4 is 0 Å². The number of aromatic hydroxyl groups is 1. The van der Waals surface area contributed by atoms with Crippen molar-refractivity contribution in [2.75, 3.05) is 7.05 Å². The zero-order chi connectivity index (χ0) is 14.7. The Morgan fingerprint density at radius 1 is 1.25 bits per heavy atom. The van der Waals surface area contributed by atoms with Crippen molar-refractivity contribution in [1.82, 2.24) is 4.90 Å². The number of phenolic OH excluding ortho intramolecular Hbond substituents is 1. The van der Waals surface area contributed by atoms with Crippen molar-refractivity contribution in [2.45, 2.75) is 6.54 Å². The molecule has 0 aliphatic carbocycles. The fraction of sp³-hybridized carbons (Fsp3) is 0.133. The fourth-order valence-corrected chi connectivity index (χ4v) is 2.38. The molecule has 1 amide bonds. The number of para-hydroxylation sites is 1. The number of hydrogen-bond donors (Lipinski definition) is 1. The number of halogens is 2. The molecule has 0 aliphatic heterocycles. The third-order valence-corrected chi connectivity index (χ3v) is 3.58. The van der Waals surface area contributed by atoms with Gasteiger partial charge < -0.3 is 10.0 Å². The number of hydrogen-bond acceptors (Lipinski definition) is 2. The van der Waals surface area contributed by atoms with Crippen molar-refractivity contribution in [1.29, 1.82) is 0 Å². The number of benzene rings is 2. The molecule has 0 bridgehead atoms. The van der Waals surface area contributed by atoms with E-state index in [2.05, 4.69) is 15.9 Å². The van der Waals surface area contributed by atoms with Crippen LogP contribution in [-0.4, -0.2) is 23.0 Å². The molecular formula is C15H13BrFNO2. The lowest BCUT2D eigenvalue weighted by Crippen LogP contribution is -2.27. The van der Waals surface area contributed by atoms with Gasteiger partial charge in [-0.3, -0.25) is 4.79 Å². The summed E-state index contributed by atoms with van der Waals surface area (Å²) in [5.41, 5.74) is 0.598. The van der Waals surface area contributed by atoms with Crippen LogP contribution in [0.15, 0.2) is 46.9 Å². The van der Waals surface area contributed by atoms with E-state index in [1.807, 2.05) is 0 Å². The van der Waals surface area contributed by atoms with Gasteiger partial charge in [0.2, 0.25) is 0 Å². The summed E-state index contributed by atoms with van der Waals surface area (Å²) in [4.78, 5) is 13.6. The molecule has 0 atom stereocenters. The first kappa shape index (κ1) is 14.5. The van der Waals surface area contributed by atoms with Gasteiger partial charge in [0.1, 0.15) is 11.6 Å². The molecule has 20 heavy (non-hydrogen) atoms. The maximum Gasteiger partial charge on any atom is 0.258 e. The summed E-state index contributed by atoms with van der Waals surface area (Å²) >= 11 is 3.18.